The highest BCUT2D eigenvalue weighted by atomic mass is 35.5. The highest BCUT2D eigenvalue weighted by Gasteiger charge is 2.44. The largest absolute Gasteiger partial charge is 0.325 e. The van der Waals surface area contributed by atoms with Crippen LogP contribution in [-0.2, 0) is 11.2 Å². The van der Waals surface area contributed by atoms with Gasteiger partial charge in [0.05, 0.1) is 17.8 Å². The van der Waals surface area contributed by atoms with Gasteiger partial charge in [-0.25, -0.2) is 5.43 Å². The summed E-state index contributed by atoms with van der Waals surface area (Å²) in [6.45, 7) is 2.08. The molecule has 3 heterocycles. The number of halogens is 1. The topological polar surface area (TPSA) is 72.0 Å². The second kappa shape index (κ2) is 9.05. The van der Waals surface area contributed by atoms with Crippen molar-refractivity contribution in [3.8, 4) is 0 Å². The van der Waals surface area contributed by atoms with E-state index in [-0.39, 0.29) is 24.2 Å². The van der Waals surface area contributed by atoms with Gasteiger partial charge in [-0.2, -0.15) is 5.10 Å². The highest BCUT2D eigenvalue weighted by molar-refractivity contribution is 8.14. The molecule has 3 aliphatic heterocycles. The van der Waals surface area contributed by atoms with Crippen molar-refractivity contribution in [2.24, 2.45) is 5.10 Å². The van der Waals surface area contributed by atoms with E-state index in [0.717, 1.165) is 34.3 Å². The molecule has 32 heavy (non-hydrogen) atoms. The van der Waals surface area contributed by atoms with Crippen LogP contribution in [0.1, 0.15) is 30.5 Å². The van der Waals surface area contributed by atoms with E-state index in [2.05, 4.69) is 50.2 Å². The Bertz CT molecular complexity index is 1060. The van der Waals surface area contributed by atoms with E-state index in [4.69, 9.17) is 11.6 Å². The molecule has 0 saturated carbocycles. The number of carbonyl (C=O) groups is 1. The molecule has 9 heteroatoms. The molecule has 7 nitrogen and oxygen atoms in total. The van der Waals surface area contributed by atoms with Crippen molar-refractivity contribution in [2.75, 3.05) is 11.1 Å². The first kappa shape index (κ1) is 21.2. The first-order chi connectivity index (χ1) is 15.6. The van der Waals surface area contributed by atoms with Gasteiger partial charge in [0, 0.05) is 23.1 Å². The maximum absolute atomic E-state index is 12.5. The van der Waals surface area contributed by atoms with Crippen molar-refractivity contribution in [3.05, 3.63) is 77.1 Å². The molecule has 3 N–H and O–H groups in total. The van der Waals surface area contributed by atoms with E-state index in [9.17, 15) is 4.79 Å². The number of rotatable bonds is 5. The number of nitrogens with one attached hydrogen (secondary N) is 3. The number of para-hydroxylation sites is 1. The van der Waals surface area contributed by atoms with Gasteiger partial charge < -0.3 is 15.2 Å². The van der Waals surface area contributed by atoms with Crippen LogP contribution in [0.25, 0.3) is 0 Å². The van der Waals surface area contributed by atoms with Crippen LogP contribution >= 0.6 is 23.4 Å². The minimum absolute atomic E-state index is 0.0242. The van der Waals surface area contributed by atoms with Gasteiger partial charge in [-0.3, -0.25) is 10.2 Å². The smallest absolute Gasteiger partial charge is 0.234 e. The van der Waals surface area contributed by atoms with Gasteiger partial charge in [0.2, 0.25) is 5.91 Å². The SMILES string of the molecule is CCc1ccccc1NC(=O)CSC1=NNC2C3CC(c4ccc(Cl)cc4)NN3C=CN12. The summed E-state index contributed by atoms with van der Waals surface area (Å²) in [5.41, 5.74) is 10.0. The molecule has 166 valence electrons. The van der Waals surface area contributed by atoms with E-state index in [1.165, 1.54) is 17.3 Å². The van der Waals surface area contributed by atoms with Crippen molar-refractivity contribution in [1.29, 1.82) is 0 Å². The van der Waals surface area contributed by atoms with Gasteiger partial charge >= 0.3 is 0 Å². The predicted molar refractivity (Wildman–Crippen MR) is 130 cm³/mol. The number of hydrazine groups is 1. The summed E-state index contributed by atoms with van der Waals surface area (Å²) in [6.07, 6.45) is 5.88. The van der Waals surface area contributed by atoms with Crippen LogP contribution in [0.15, 0.2) is 66.0 Å². The number of thioether (sulfide) groups is 1. The molecule has 3 atom stereocenters. The zero-order valence-corrected chi connectivity index (χ0v) is 19.2. The molecule has 0 spiro atoms. The zero-order chi connectivity index (χ0) is 22.1. The standard InChI is InChI=1S/C23H25ClN6OS/c1-2-15-5-3-4-6-18(15)25-21(31)14-32-23-27-26-22-20-13-19(16-7-9-17(24)10-8-16)28-30(20)12-11-29(22)23/h3-12,19-20,22,26,28H,2,13-14H2,1H3,(H,25,31). The first-order valence-corrected chi connectivity index (χ1v) is 12.1. The van der Waals surface area contributed by atoms with Gasteiger partial charge in [0.25, 0.3) is 0 Å². The lowest BCUT2D eigenvalue weighted by atomic mass is 10.00. The lowest BCUT2D eigenvalue weighted by Crippen LogP contribution is -2.54. The van der Waals surface area contributed by atoms with Gasteiger partial charge in [0.15, 0.2) is 5.17 Å². The molecule has 0 radical (unpaired) electrons. The summed E-state index contributed by atoms with van der Waals surface area (Å²) >= 11 is 7.48. The van der Waals surface area contributed by atoms with Crippen molar-refractivity contribution < 1.29 is 4.79 Å². The Balaban J connectivity index is 1.18. The lowest BCUT2D eigenvalue weighted by molar-refractivity contribution is -0.113. The summed E-state index contributed by atoms with van der Waals surface area (Å²) in [4.78, 5) is 14.6. The van der Waals surface area contributed by atoms with Crippen molar-refractivity contribution in [1.82, 2.24) is 20.8 Å². The Morgan fingerprint density at radius 1 is 1.22 bits per heavy atom. The second-order valence-corrected chi connectivity index (χ2v) is 9.34. The summed E-state index contributed by atoms with van der Waals surface area (Å²) < 4.78 is 0. The Kier molecular flexibility index (Phi) is 5.99. The fraction of sp³-hybridized carbons (Fsp3) is 0.304. The zero-order valence-electron chi connectivity index (χ0n) is 17.7. The number of amidine groups is 1. The van der Waals surface area contributed by atoms with E-state index in [1.54, 1.807) is 0 Å². The first-order valence-electron chi connectivity index (χ1n) is 10.7. The predicted octanol–water partition coefficient (Wildman–Crippen LogP) is 3.88. The van der Waals surface area contributed by atoms with Crippen molar-refractivity contribution in [2.45, 2.75) is 38.0 Å². The minimum Gasteiger partial charge on any atom is -0.325 e. The fourth-order valence-electron chi connectivity index (χ4n) is 4.33. The number of nitrogens with zero attached hydrogens (tertiary/aromatic N) is 3. The number of benzene rings is 2. The molecule has 0 aliphatic carbocycles. The third-order valence-electron chi connectivity index (χ3n) is 5.98. The summed E-state index contributed by atoms with van der Waals surface area (Å²) in [5.74, 6) is 0.269. The van der Waals surface area contributed by atoms with Crippen LogP contribution in [0, 0.1) is 0 Å². The van der Waals surface area contributed by atoms with Crippen molar-refractivity contribution >= 4 is 40.1 Å². The fourth-order valence-corrected chi connectivity index (χ4v) is 5.23. The second-order valence-electron chi connectivity index (χ2n) is 7.96. The van der Waals surface area contributed by atoms with Crippen molar-refractivity contribution in [3.63, 3.8) is 0 Å². The molecule has 1 fully saturated rings. The number of amides is 1. The van der Waals surface area contributed by atoms with E-state index in [1.807, 2.05) is 48.8 Å². The van der Waals surface area contributed by atoms with Gasteiger partial charge in [-0.15, -0.1) is 0 Å². The molecule has 5 rings (SSSR count). The third kappa shape index (κ3) is 4.18. The maximum atomic E-state index is 12.5. The number of hydrazone groups is 1. The molecule has 3 unspecified atom stereocenters. The maximum Gasteiger partial charge on any atom is 0.234 e. The normalized spacial score (nSPS) is 23.4. The van der Waals surface area contributed by atoms with Crippen LogP contribution in [0.2, 0.25) is 5.02 Å². The van der Waals surface area contributed by atoms with E-state index < -0.39 is 0 Å². The average Bonchev–Trinajstić information content (AvgIpc) is 3.42. The Hall–Kier alpha value is -2.68. The Labute approximate surface area is 196 Å². The summed E-state index contributed by atoms with van der Waals surface area (Å²) in [5, 5.41) is 11.2. The number of carbonyl (C=O) groups excluding carboxylic acids is 1. The molecular formula is C23H25ClN6OS. The number of hydrogen-bond acceptors (Lipinski definition) is 7. The lowest BCUT2D eigenvalue weighted by Gasteiger charge is -2.36. The molecule has 3 aliphatic rings. The Morgan fingerprint density at radius 3 is 2.84 bits per heavy atom. The van der Waals surface area contributed by atoms with Crippen LogP contribution in [0.3, 0.4) is 0 Å². The number of anilines is 1. The van der Waals surface area contributed by atoms with Crippen LogP contribution in [0.5, 0.6) is 0 Å². The Morgan fingerprint density at radius 2 is 2.03 bits per heavy atom. The summed E-state index contributed by atoms with van der Waals surface area (Å²) in [7, 11) is 0. The van der Waals surface area contributed by atoms with E-state index in [0.29, 0.717) is 5.75 Å². The molecule has 2 aromatic carbocycles. The molecule has 2 aromatic rings. The monoisotopic (exact) mass is 468 g/mol. The quantitative estimate of drug-likeness (QED) is 0.618. The van der Waals surface area contributed by atoms with Crippen LogP contribution < -0.4 is 16.2 Å². The highest BCUT2D eigenvalue weighted by Crippen LogP contribution is 2.35. The number of fused-ring (bicyclic) bond motifs is 3. The number of hydrogen-bond donors (Lipinski definition) is 3. The molecule has 0 bridgehead atoms. The minimum atomic E-state index is -0.0324. The molecule has 1 amide bonds. The average molecular weight is 469 g/mol. The molecule has 1 saturated heterocycles. The van der Waals surface area contributed by atoms with Crippen LogP contribution in [0.4, 0.5) is 5.69 Å². The van der Waals surface area contributed by atoms with E-state index >= 15 is 0 Å². The molecule has 0 aromatic heterocycles. The van der Waals surface area contributed by atoms with Gasteiger partial charge in [-0.1, -0.05) is 60.6 Å². The molecular weight excluding hydrogens is 444 g/mol. The van der Waals surface area contributed by atoms with Gasteiger partial charge in [0.1, 0.15) is 6.17 Å². The van der Waals surface area contributed by atoms with Crippen LogP contribution in [-0.4, -0.2) is 38.9 Å². The number of aryl methyl sites for hydroxylation is 1. The third-order valence-corrected chi connectivity index (χ3v) is 7.20. The van der Waals surface area contributed by atoms with Gasteiger partial charge in [-0.05, 0) is 42.2 Å². The summed E-state index contributed by atoms with van der Waals surface area (Å²) in [6, 6.07) is 16.3.